The Balaban J connectivity index is 2.51. The molecule has 1 rings (SSSR count). The number of hydrogen-bond acceptors (Lipinski definition) is 2. The minimum Gasteiger partial charge on any atom is -0.326 e. The fraction of sp³-hybridized carbons (Fsp3) is 1.00. The highest BCUT2D eigenvalue weighted by atomic mass is 19.4. The smallest absolute Gasteiger partial charge is 0.326 e. The van der Waals surface area contributed by atoms with Crippen LogP contribution in [0, 0.1) is 5.92 Å². The third kappa shape index (κ3) is 2.57. The zero-order chi connectivity index (χ0) is 10.1. The summed E-state index contributed by atoms with van der Waals surface area (Å²) >= 11 is 0. The summed E-state index contributed by atoms with van der Waals surface area (Å²) in [6, 6.07) is -0.744. The molecule has 0 aromatic carbocycles. The molecule has 78 valence electrons. The van der Waals surface area contributed by atoms with Crippen molar-refractivity contribution >= 4 is 0 Å². The summed E-state index contributed by atoms with van der Waals surface area (Å²) in [6.45, 7) is 3.10. The van der Waals surface area contributed by atoms with Gasteiger partial charge in [0.2, 0.25) is 0 Å². The molecule has 0 radical (unpaired) electrons. The molecule has 0 amide bonds. The number of likely N-dealkylation sites (tertiary alicyclic amines) is 1. The van der Waals surface area contributed by atoms with E-state index in [0.717, 1.165) is 6.42 Å². The van der Waals surface area contributed by atoms with Crippen molar-refractivity contribution in [2.24, 2.45) is 11.7 Å². The molecule has 2 nitrogen and oxygen atoms in total. The van der Waals surface area contributed by atoms with E-state index in [1.807, 2.05) is 6.92 Å². The van der Waals surface area contributed by atoms with Crippen LogP contribution in [-0.4, -0.2) is 36.8 Å². The summed E-state index contributed by atoms with van der Waals surface area (Å²) in [6.07, 6.45) is -3.26. The molecule has 2 unspecified atom stereocenters. The Hall–Kier alpha value is -0.290. The van der Waals surface area contributed by atoms with Gasteiger partial charge in [0.25, 0.3) is 0 Å². The Morgan fingerprint density at radius 2 is 2.00 bits per heavy atom. The highest BCUT2D eigenvalue weighted by Gasteiger charge is 2.47. The summed E-state index contributed by atoms with van der Waals surface area (Å²) in [7, 11) is 0. The van der Waals surface area contributed by atoms with E-state index in [1.165, 1.54) is 0 Å². The Morgan fingerprint density at radius 3 is 2.38 bits per heavy atom. The lowest BCUT2D eigenvalue weighted by molar-refractivity contribution is -0.173. The highest BCUT2D eigenvalue weighted by Crippen LogP contribution is 2.32. The largest absolute Gasteiger partial charge is 0.394 e. The van der Waals surface area contributed by atoms with Crippen molar-refractivity contribution < 1.29 is 13.2 Å². The summed E-state index contributed by atoms with van der Waals surface area (Å²) in [5, 5.41) is 0. The van der Waals surface area contributed by atoms with Gasteiger partial charge in [-0.15, -0.1) is 0 Å². The van der Waals surface area contributed by atoms with Crippen LogP contribution in [0.2, 0.25) is 0 Å². The van der Waals surface area contributed by atoms with Crippen molar-refractivity contribution in [3.63, 3.8) is 0 Å². The zero-order valence-electron chi connectivity index (χ0n) is 7.64. The van der Waals surface area contributed by atoms with Crippen molar-refractivity contribution in [3.05, 3.63) is 0 Å². The molecule has 0 saturated carbocycles. The maximum Gasteiger partial charge on any atom is 0.394 e. The summed E-state index contributed by atoms with van der Waals surface area (Å²) in [5.74, 6) is -1.33. The average Bonchev–Trinajstić information content (AvgIpc) is 2.30. The molecule has 1 aliphatic heterocycles. The Bertz CT molecular complexity index is 169. The van der Waals surface area contributed by atoms with Crippen LogP contribution >= 0.6 is 0 Å². The van der Waals surface area contributed by atoms with E-state index >= 15 is 0 Å². The Morgan fingerprint density at radius 1 is 1.38 bits per heavy atom. The third-order valence-corrected chi connectivity index (χ3v) is 2.40. The van der Waals surface area contributed by atoms with E-state index in [2.05, 4.69) is 0 Å². The Kier molecular flexibility index (Phi) is 3.18. The second-order valence-corrected chi connectivity index (χ2v) is 3.57. The quantitative estimate of drug-likeness (QED) is 0.719. The number of hydrogen-bond donors (Lipinski definition) is 1. The first-order chi connectivity index (χ1) is 5.95. The molecule has 0 spiro atoms. The SMILES string of the molecule is CCCN1CC(N)C(C(F)(F)F)C1. The molecule has 0 aliphatic carbocycles. The highest BCUT2D eigenvalue weighted by molar-refractivity contribution is 4.90. The lowest BCUT2D eigenvalue weighted by Crippen LogP contribution is -2.38. The predicted molar refractivity (Wildman–Crippen MR) is 44.3 cm³/mol. The predicted octanol–water partition coefficient (Wildman–Crippen LogP) is 1.22. The van der Waals surface area contributed by atoms with Crippen LogP contribution in [0.1, 0.15) is 13.3 Å². The van der Waals surface area contributed by atoms with Gasteiger partial charge in [0, 0.05) is 19.1 Å². The van der Waals surface area contributed by atoms with E-state index in [4.69, 9.17) is 5.73 Å². The molecule has 1 heterocycles. The number of nitrogens with two attached hydrogens (primary N) is 1. The van der Waals surface area contributed by atoms with Crippen LogP contribution in [0.25, 0.3) is 0 Å². The van der Waals surface area contributed by atoms with E-state index in [0.29, 0.717) is 13.1 Å². The topological polar surface area (TPSA) is 29.3 Å². The normalized spacial score (nSPS) is 31.2. The van der Waals surface area contributed by atoms with Gasteiger partial charge in [0.15, 0.2) is 0 Å². The van der Waals surface area contributed by atoms with Gasteiger partial charge in [-0.05, 0) is 13.0 Å². The lowest BCUT2D eigenvalue weighted by Gasteiger charge is -2.17. The third-order valence-electron chi connectivity index (χ3n) is 2.40. The van der Waals surface area contributed by atoms with E-state index in [1.54, 1.807) is 4.90 Å². The fourth-order valence-corrected chi connectivity index (χ4v) is 1.76. The van der Waals surface area contributed by atoms with Gasteiger partial charge in [-0.25, -0.2) is 0 Å². The molecular formula is C8H15F3N2. The molecule has 1 fully saturated rings. The molecule has 2 atom stereocenters. The van der Waals surface area contributed by atoms with E-state index in [-0.39, 0.29) is 6.54 Å². The lowest BCUT2D eigenvalue weighted by atomic mass is 10.1. The van der Waals surface area contributed by atoms with E-state index < -0.39 is 18.1 Å². The number of rotatable bonds is 2. The molecule has 2 N–H and O–H groups in total. The Labute approximate surface area is 75.9 Å². The molecule has 0 aromatic heterocycles. The second kappa shape index (κ2) is 3.84. The molecule has 1 saturated heterocycles. The van der Waals surface area contributed by atoms with Crippen molar-refractivity contribution in [2.45, 2.75) is 25.6 Å². The fourth-order valence-electron chi connectivity index (χ4n) is 1.76. The monoisotopic (exact) mass is 196 g/mol. The van der Waals surface area contributed by atoms with Crippen LogP contribution in [-0.2, 0) is 0 Å². The summed E-state index contributed by atoms with van der Waals surface area (Å²) in [5.41, 5.74) is 5.42. The van der Waals surface area contributed by atoms with Crippen molar-refractivity contribution in [3.8, 4) is 0 Å². The van der Waals surface area contributed by atoms with Crippen LogP contribution in [0.15, 0.2) is 0 Å². The molecule has 13 heavy (non-hydrogen) atoms. The minimum absolute atomic E-state index is 0.0680. The maximum absolute atomic E-state index is 12.3. The van der Waals surface area contributed by atoms with Gasteiger partial charge >= 0.3 is 6.18 Å². The van der Waals surface area contributed by atoms with Crippen LogP contribution in [0.5, 0.6) is 0 Å². The van der Waals surface area contributed by atoms with Gasteiger partial charge < -0.3 is 10.6 Å². The zero-order valence-corrected chi connectivity index (χ0v) is 7.64. The molecule has 1 aliphatic rings. The summed E-state index contributed by atoms with van der Waals surface area (Å²) < 4.78 is 37.0. The van der Waals surface area contributed by atoms with E-state index in [9.17, 15) is 13.2 Å². The number of nitrogens with zero attached hydrogens (tertiary/aromatic N) is 1. The molecule has 5 heteroatoms. The minimum atomic E-state index is -4.14. The van der Waals surface area contributed by atoms with Gasteiger partial charge in [0.1, 0.15) is 0 Å². The number of halogens is 3. The molecule has 0 bridgehead atoms. The van der Waals surface area contributed by atoms with Crippen molar-refractivity contribution in [1.29, 1.82) is 0 Å². The van der Waals surface area contributed by atoms with Crippen LogP contribution < -0.4 is 5.73 Å². The number of alkyl halides is 3. The summed E-state index contributed by atoms with van der Waals surface area (Å²) in [4.78, 5) is 1.78. The van der Waals surface area contributed by atoms with Crippen molar-refractivity contribution in [2.75, 3.05) is 19.6 Å². The van der Waals surface area contributed by atoms with Crippen LogP contribution in [0.3, 0.4) is 0 Å². The molecule has 0 aromatic rings. The van der Waals surface area contributed by atoms with Gasteiger partial charge in [0.05, 0.1) is 5.92 Å². The first-order valence-electron chi connectivity index (χ1n) is 4.49. The van der Waals surface area contributed by atoms with Crippen LogP contribution in [0.4, 0.5) is 13.2 Å². The van der Waals surface area contributed by atoms with Gasteiger partial charge in [-0.2, -0.15) is 13.2 Å². The van der Waals surface area contributed by atoms with Gasteiger partial charge in [-0.3, -0.25) is 0 Å². The first-order valence-corrected chi connectivity index (χ1v) is 4.49. The first kappa shape index (κ1) is 10.8. The molecular weight excluding hydrogens is 181 g/mol. The van der Waals surface area contributed by atoms with Crippen molar-refractivity contribution in [1.82, 2.24) is 4.90 Å². The maximum atomic E-state index is 12.3. The average molecular weight is 196 g/mol. The standard InChI is InChI=1S/C8H15F3N2/c1-2-3-13-4-6(7(12)5-13)8(9,10)11/h6-7H,2-5,12H2,1H3. The second-order valence-electron chi connectivity index (χ2n) is 3.57. The van der Waals surface area contributed by atoms with Gasteiger partial charge in [-0.1, -0.05) is 6.92 Å².